The Morgan fingerprint density at radius 3 is 2.43 bits per heavy atom. The van der Waals surface area contributed by atoms with Gasteiger partial charge in [0.1, 0.15) is 6.04 Å². The molecule has 3 aliphatic rings. The number of amides is 3. The molecule has 3 amide bonds. The summed E-state index contributed by atoms with van der Waals surface area (Å²) in [6.45, 7) is 13.3. The van der Waals surface area contributed by atoms with Crippen LogP contribution in [0.5, 0.6) is 0 Å². The van der Waals surface area contributed by atoms with E-state index in [9.17, 15) is 19.5 Å². The van der Waals surface area contributed by atoms with Crippen LogP contribution >= 0.6 is 11.8 Å². The number of hydrogen-bond donors (Lipinski definition) is 3. The zero-order chi connectivity index (χ0) is 27.2. The predicted octanol–water partition coefficient (Wildman–Crippen LogP) is 3.35. The Hall–Kier alpha value is -2.06. The van der Waals surface area contributed by atoms with Crippen molar-refractivity contribution in [1.82, 2.24) is 15.5 Å². The normalized spacial score (nSPS) is 30.9. The molecule has 2 bridgehead atoms. The Morgan fingerprint density at radius 2 is 1.81 bits per heavy atom. The first kappa shape index (κ1) is 28.0. The molecule has 1 aromatic carbocycles. The summed E-state index contributed by atoms with van der Waals surface area (Å²) in [5.41, 5.74) is 0.581. The van der Waals surface area contributed by atoms with Crippen molar-refractivity contribution in [2.75, 3.05) is 13.2 Å². The summed E-state index contributed by atoms with van der Waals surface area (Å²) < 4.78 is -0.645. The van der Waals surface area contributed by atoms with Crippen LogP contribution < -0.4 is 10.6 Å². The fourth-order valence-corrected chi connectivity index (χ4v) is 9.70. The highest BCUT2D eigenvalue weighted by molar-refractivity contribution is 8.02. The molecule has 7 nitrogen and oxygen atoms in total. The van der Waals surface area contributed by atoms with E-state index in [0.717, 1.165) is 18.4 Å². The zero-order valence-corrected chi connectivity index (χ0v) is 23.9. The molecular formula is C29H43N3O4S. The molecule has 3 heterocycles. The summed E-state index contributed by atoms with van der Waals surface area (Å²) in [6.07, 6.45) is 1.99. The van der Waals surface area contributed by atoms with E-state index >= 15 is 0 Å². The number of carbonyl (C=O) groups excluding carboxylic acids is 3. The van der Waals surface area contributed by atoms with Gasteiger partial charge in [0.05, 0.1) is 16.6 Å². The van der Waals surface area contributed by atoms with Gasteiger partial charge in [-0.15, -0.1) is 11.8 Å². The molecule has 4 rings (SSSR count). The molecule has 0 aromatic heterocycles. The van der Waals surface area contributed by atoms with Crippen molar-refractivity contribution >= 4 is 29.5 Å². The third kappa shape index (κ3) is 5.29. The average Bonchev–Trinajstić information content (AvgIpc) is 3.38. The van der Waals surface area contributed by atoms with Gasteiger partial charge in [-0.1, -0.05) is 58.0 Å². The number of hydrogen-bond acceptors (Lipinski definition) is 5. The molecule has 3 saturated heterocycles. The fourth-order valence-electron chi connectivity index (χ4n) is 7.28. The third-order valence-corrected chi connectivity index (χ3v) is 10.2. The van der Waals surface area contributed by atoms with E-state index < -0.39 is 28.2 Å². The van der Waals surface area contributed by atoms with Crippen LogP contribution in [0.15, 0.2) is 30.3 Å². The molecule has 1 spiro atoms. The summed E-state index contributed by atoms with van der Waals surface area (Å²) in [4.78, 5) is 43.3. The van der Waals surface area contributed by atoms with Crippen LogP contribution in [-0.4, -0.2) is 62.5 Å². The number of rotatable bonds is 9. The van der Waals surface area contributed by atoms with Crippen LogP contribution in [0.25, 0.3) is 0 Å². The van der Waals surface area contributed by atoms with Crippen LogP contribution in [0.3, 0.4) is 0 Å². The average molecular weight is 530 g/mol. The van der Waals surface area contributed by atoms with E-state index in [1.54, 1.807) is 16.7 Å². The lowest BCUT2D eigenvalue weighted by Gasteiger charge is -2.41. The minimum Gasteiger partial charge on any atom is -0.396 e. The second-order valence-corrected chi connectivity index (χ2v) is 14.5. The minimum atomic E-state index is -0.660. The monoisotopic (exact) mass is 529 g/mol. The summed E-state index contributed by atoms with van der Waals surface area (Å²) in [5.74, 6) is -1.26. The van der Waals surface area contributed by atoms with Gasteiger partial charge in [0, 0.05) is 30.5 Å². The standard InChI is InChI=1S/C29H43N3O4S/c1-18-15-20-21(24(34)30-16-19-11-8-7-9-12-19)22-26(36)32(13-10-14-33)23(29(18,22)37-20)25(35)31-28(5,6)17-27(2,3)4/h7-9,11-12,18,20-23,33H,10,13-17H2,1-6H3,(H,30,34)(H,31,35)/t18?,20-,21+,22+,23?,29?/m1/s1. The lowest BCUT2D eigenvalue weighted by atomic mass is 9.65. The van der Waals surface area contributed by atoms with E-state index in [2.05, 4.69) is 38.3 Å². The number of thioether (sulfide) groups is 1. The van der Waals surface area contributed by atoms with Gasteiger partial charge >= 0.3 is 0 Å². The minimum absolute atomic E-state index is 0.0117. The topological polar surface area (TPSA) is 98.7 Å². The number of nitrogens with one attached hydrogen (secondary N) is 2. The lowest BCUT2D eigenvalue weighted by Crippen LogP contribution is -2.60. The Bertz CT molecular complexity index is 1020. The number of carbonyl (C=O) groups is 3. The smallest absolute Gasteiger partial charge is 0.244 e. The van der Waals surface area contributed by atoms with Crippen LogP contribution in [0.2, 0.25) is 0 Å². The van der Waals surface area contributed by atoms with Crippen LogP contribution in [-0.2, 0) is 20.9 Å². The Labute approximate surface area is 225 Å². The maximum Gasteiger partial charge on any atom is 0.244 e. The maximum absolute atomic E-state index is 14.0. The molecule has 6 atom stereocenters. The SMILES string of the molecule is CC1C[C@H]2SC13C(C(=O)NC(C)(C)CC(C)(C)C)N(CCCO)C(=O)[C@@H]3[C@H]2C(=O)NCc1ccccc1. The van der Waals surface area contributed by atoms with E-state index in [1.807, 2.05) is 44.2 Å². The number of benzene rings is 1. The summed E-state index contributed by atoms with van der Waals surface area (Å²) >= 11 is 1.69. The Balaban J connectivity index is 1.63. The molecule has 0 saturated carbocycles. The Morgan fingerprint density at radius 1 is 1.14 bits per heavy atom. The molecule has 3 fully saturated rings. The molecule has 1 aromatic rings. The maximum atomic E-state index is 14.0. The van der Waals surface area contributed by atoms with Crippen molar-refractivity contribution in [2.45, 2.75) is 88.9 Å². The van der Waals surface area contributed by atoms with Crippen molar-refractivity contribution in [2.24, 2.45) is 23.2 Å². The van der Waals surface area contributed by atoms with Gasteiger partial charge in [-0.2, -0.15) is 0 Å². The highest BCUT2D eigenvalue weighted by Crippen LogP contribution is 2.68. The molecule has 8 heteroatoms. The second-order valence-electron chi connectivity index (χ2n) is 13.0. The van der Waals surface area contributed by atoms with E-state index in [0.29, 0.717) is 19.5 Å². The van der Waals surface area contributed by atoms with Gasteiger partial charge in [0.15, 0.2) is 0 Å². The molecule has 0 aliphatic carbocycles. The molecule has 0 radical (unpaired) electrons. The zero-order valence-electron chi connectivity index (χ0n) is 23.0. The quantitative estimate of drug-likeness (QED) is 0.456. The van der Waals surface area contributed by atoms with Crippen LogP contribution in [0.4, 0.5) is 0 Å². The lowest BCUT2D eigenvalue weighted by molar-refractivity contribution is -0.140. The first-order valence-corrected chi connectivity index (χ1v) is 14.4. The number of likely N-dealkylation sites (tertiary alicyclic amines) is 1. The van der Waals surface area contributed by atoms with Crippen molar-refractivity contribution in [3.8, 4) is 0 Å². The third-order valence-electron chi connectivity index (χ3n) is 8.10. The molecule has 3 unspecified atom stereocenters. The van der Waals surface area contributed by atoms with Crippen molar-refractivity contribution in [3.63, 3.8) is 0 Å². The first-order valence-electron chi connectivity index (χ1n) is 13.5. The highest BCUT2D eigenvalue weighted by Gasteiger charge is 2.75. The molecule has 3 aliphatic heterocycles. The highest BCUT2D eigenvalue weighted by atomic mass is 32.2. The van der Waals surface area contributed by atoms with Gasteiger partial charge < -0.3 is 20.6 Å². The van der Waals surface area contributed by atoms with Crippen molar-refractivity contribution in [3.05, 3.63) is 35.9 Å². The first-order chi connectivity index (χ1) is 17.3. The number of fused-ring (bicyclic) bond motifs is 1. The van der Waals surface area contributed by atoms with Gasteiger partial charge in [0.2, 0.25) is 17.7 Å². The number of aliphatic hydroxyl groups is 1. The molecule has 204 valence electrons. The van der Waals surface area contributed by atoms with Crippen molar-refractivity contribution < 1.29 is 19.5 Å². The molecule has 3 N–H and O–H groups in total. The van der Waals surface area contributed by atoms with Gasteiger partial charge in [-0.3, -0.25) is 14.4 Å². The number of nitrogens with zero attached hydrogens (tertiary/aromatic N) is 1. The van der Waals surface area contributed by atoms with Crippen LogP contribution in [0.1, 0.15) is 66.4 Å². The largest absolute Gasteiger partial charge is 0.396 e. The summed E-state index contributed by atoms with van der Waals surface area (Å²) in [7, 11) is 0. The summed E-state index contributed by atoms with van der Waals surface area (Å²) in [5, 5.41) is 15.9. The van der Waals surface area contributed by atoms with Crippen molar-refractivity contribution in [1.29, 1.82) is 0 Å². The van der Waals surface area contributed by atoms with E-state index in [-0.39, 0.29) is 40.9 Å². The van der Waals surface area contributed by atoms with E-state index in [4.69, 9.17) is 0 Å². The number of aliphatic hydroxyl groups excluding tert-OH is 1. The molecule has 37 heavy (non-hydrogen) atoms. The fraction of sp³-hybridized carbons (Fsp3) is 0.690. The van der Waals surface area contributed by atoms with E-state index in [1.165, 1.54) is 0 Å². The predicted molar refractivity (Wildman–Crippen MR) is 147 cm³/mol. The van der Waals surface area contributed by atoms with Gasteiger partial charge in [0.25, 0.3) is 0 Å². The Kier molecular flexibility index (Phi) is 7.75. The van der Waals surface area contributed by atoms with Crippen LogP contribution in [0, 0.1) is 23.2 Å². The second kappa shape index (κ2) is 10.3. The van der Waals surface area contributed by atoms with Gasteiger partial charge in [-0.05, 0) is 50.0 Å². The summed E-state index contributed by atoms with van der Waals surface area (Å²) in [6, 6.07) is 9.10. The molecular weight excluding hydrogens is 486 g/mol. The van der Waals surface area contributed by atoms with Gasteiger partial charge in [-0.25, -0.2) is 0 Å².